The van der Waals surface area contributed by atoms with Crippen molar-refractivity contribution in [2.45, 2.75) is 39.7 Å². The molecule has 0 saturated heterocycles. The van der Waals surface area contributed by atoms with Gasteiger partial charge in [-0.05, 0) is 20.3 Å². The predicted molar refractivity (Wildman–Crippen MR) is 65.3 cm³/mol. The second kappa shape index (κ2) is 3.81. The second-order valence-corrected chi connectivity index (χ2v) is 4.36. The first-order valence-corrected chi connectivity index (χ1v) is 5.73. The molecule has 5 heteroatoms. The number of fused-ring (bicyclic) bond motifs is 1. The molecule has 0 radical (unpaired) electrons. The molecule has 2 rings (SSSR count). The molecule has 2 heterocycles. The number of anilines is 1. The molecule has 0 spiro atoms. The number of aryl methyl sites for hydroxylation is 2. The summed E-state index contributed by atoms with van der Waals surface area (Å²) in [7, 11) is 1.94. The van der Waals surface area contributed by atoms with Crippen LogP contribution in [0.25, 0.3) is 11.2 Å². The monoisotopic (exact) mass is 221 g/mol. The van der Waals surface area contributed by atoms with E-state index in [1.807, 2.05) is 18.7 Å². The zero-order valence-electron chi connectivity index (χ0n) is 10.4. The van der Waals surface area contributed by atoms with Crippen LogP contribution in [0.5, 0.6) is 0 Å². The fraction of sp³-hybridized carbons (Fsp3) is 0.636. The van der Waals surface area contributed by atoms with Crippen molar-refractivity contribution in [3.8, 4) is 0 Å². The summed E-state index contributed by atoms with van der Waals surface area (Å²) in [4.78, 5) is 4.39. The third kappa shape index (κ3) is 1.47. The highest BCUT2D eigenvalue weighted by Crippen LogP contribution is 2.26. The summed E-state index contributed by atoms with van der Waals surface area (Å²) in [5.41, 5.74) is 8.86. The highest BCUT2D eigenvalue weighted by molar-refractivity contribution is 5.77. The molecule has 1 unspecified atom stereocenters. The van der Waals surface area contributed by atoms with Crippen molar-refractivity contribution in [3.63, 3.8) is 0 Å². The minimum atomic E-state index is 0.366. The van der Waals surface area contributed by atoms with Crippen molar-refractivity contribution in [2.24, 2.45) is 7.05 Å². The smallest absolute Gasteiger partial charge is 0.202 e. The quantitative estimate of drug-likeness (QED) is 0.862. The van der Waals surface area contributed by atoms with E-state index in [1.165, 1.54) is 0 Å². The van der Waals surface area contributed by atoms with E-state index in [4.69, 9.17) is 5.73 Å². The first-order valence-electron chi connectivity index (χ1n) is 5.73. The van der Waals surface area contributed by atoms with Crippen LogP contribution in [0.1, 0.15) is 38.4 Å². The Labute approximate surface area is 95.3 Å². The Morgan fingerprint density at radius 2 is 2.12 bits per heavy atom. The molecule has 1 atom stereocenters. The molecule has 16 heavy (non-hydrogen) atoms. The summed E-state index contributed by atoms with van der Waals surface area (Å²) >= 11 is 0. The van der Waals surface area contributed by atoms with Crippen LogP contribution in [0.4, 0.5) is 5.95 Å². The Kier molecular flexibility index (Phi) is 2.61. The van der Waals surface area contributed by atoms with Gasteiger partial charge in [-0.25, -0.2) is 4.98 Å². The fourth-order valence-electron chi connectivity index (χ4n) is 2.29. The highest BCUT2D eigenvalue weighted by atomic mass is 15.4. The van der Waals surface area contributed by atoms with Crippen LogP contribution in [-0.2, 0) is 7.05 Å². The van der Waals surface area contributed by atoms with Crippen LogP contribution < -0.4 is 5.73 Å². The van der Waals surface area contributed by atoms with Crippen molar-refractivity contribution >= 4 is 17.1 Å². The molecule has 0 bridgehead atoms. The third-order valence-electron chi connectivity index (χ3n) is 3.01. The van der Waals surface area contributed by atoms with Crippen molar-refractivity contribution in [2.75, 3.05) is 5.73 Å². The van der Waals surface area contributed by atoms with Gasteiger partial charge < -0.3 is 5.73 Å². The summed E-state index contributed by atoms with van der Waals surface area (Å²) in [5, 5.41) is 4.37. The number of hydrogen-bond donors (Lipinski definition) is 1. The molecule has 0 fully saturated rings. The number of nitrogen functional groups attached to an aromatic ring is 1. The molecule has 88 valence electrons. The van der Waals surface area contributed by atoms with Crippen LogP contribution in [-0.4, -0.2) is 19.3 Å². The average Bonchev–Trinajstić information content (AvgIpc) is 2.67. The van der Waals surface area contributed by atoms with Gasteiger partial charge in [-0.2, -0.15) is 5.10 Å². The van der Waals surface area contributed by atoms with Gasteiger partial charge in [0, 0.05) is 13.1 Å². The summed E-state index contributed by atoms with van der Waals surface area (Å²) in [6.07, 6.45) is 2.23. The molecule has 0 aliphatic carbocycles. The minimum Gasteiger partial charge on any atom is -0.369 e. The van der Waals surface area contributed by atoms with E-state index in [0.717, 1.165) is 29.7 Å². The Bertz CT molecular complexity index is 508. The number of rotatable bonds is 3. The van der Waals surface area contributed by atoms with Gasteiger partial charge in [0.05, 0.1) is 5.69 Å². The standard InChI is InChI=1S/C11H19N5/c1-5-6-7(2)16-10-9(13-11(16)12)8(3)14-15(10)4/h7H,5-6H2,1-4H3,(H2,12,13). The summed E-state index contributed by atoms with van der Waals surface area (Å²) in [6.45, 7) is 6.31. The zero-order chi connectivity index (χ0) is 11.9. The van der Waals surface area contributed by atoms with E-state index in [-0.39, 0.29) is 0 Å². The minimum absolute atomic E-state index is 0.366. The number of nitrogens with two attached hydrogens (primary N) is 1. The Morgan fingerprint density at radius 3 is 2.75 bits per heavy atom. The lowest BCUT2D eigenvalue weighted by molar-refractivity contribution is 0.508. The van der Waals surface area contributed by atoms with Gasteiger partial charge in [-0.15, -0.1) is 0 Å². The number of imidazole rings is 1. The molecule has 0 saturated carbocycles. The summed E-state index contributed by atoms with van der Waals surface area (Å²) < 4.78 is 3.94. The van der Waals surface area contributed by atoms with Crippen molar-refractivity contribution in [1.82, 2.24) is 19.3 Å². The van der Waals surface area contributed by atoms with Gasteiger partial charge in [0.2, 0.25) is 5.95 Å². The van der Waals surface area contributed by atoms with Crippen molar-refractivity contribution in [1.29, 1.82) is 0 Å². The molecule has 0 aliphatic heterocycles. The van der Waals surface area contributed by atoms with E-state index < -0.39 is 0 Å². The number of aromatic nitrogens is 4. The van der Waals surface area contributed by atoms with Gasteiger partial charge in [0.25, 0.3) is 0 Å². The molecule has 0 amide bonds. The first-order chi connectivity index (χ1) is 7.56. The van der Waals surface area contributed by atoms with Crippen molar-refractivity contribution < 1.29 is 0 Å². The largest absolute Gasteiger partial charge is 0.369 e. The predicted octanol–water partition coefficient (Wildman–Crippen LogP) is 2.02. The lowest BCUT2D eigenvalue weighted by Crippen LogP contribution is -2.11. The third-order valence-corrected chi connectivity index (χ3v) is 3.01. The lowest BCUT2D eigenvalue weighted by atomic mass is 10.2. The van der Waals surface area contributed by atoms with Crippen molar-refractivity contribution in [3.05, 3.63) is 5.69 Å². The number of nitrogens with zero attached hydrogens (tertiary/aromatic N) is 4. The Balaban J connectivity index is 2.63. The van der Waals surface area contributed by atoms with Crippen LogP contribution in [0.3, 0.4) is 0 Å². The van der Waals surface area contributed by atoms with E-state index in [1.54, 1.807) is 0 Å². The van der Waals surface area contributed by atoms with E-state index >= 15 is 0 Å². The Hall–Kier alpha value is -1.52. The highest BCUT2D eigenvalue weighted by Gasteiger charge is 2.18. The van der Waals surface area contributed by atoms with Gasteiger partial charge >= 0.3 is 0 Å². The zero-order valence-corrected chi connectivity index (χ0v) is 10.4. The SMILES string of the molecule is CCCC(C)n1c(N)nc2c(C)nn(C)c21. The molecule has 2 aromatic rings. The molecule has 0 aromatic carbocycles. The Morgan fingerprint density at radius 1 is 1.44 bits per heavy atom. The van der Waals surface area contributed by atoms with Gasteiger partial charge in [-0.3, -0.25) is 9.25 Å². The second-order valence-electron chi connectivity index (χ2n) is 4.36. The summed E-state index contributed by atoms with van der Waals surface area (Å²) in [6, 6.07) is 0.366. The average molecular weight is 221 g/mol. The maximum absolute atomic E-state index is 5.98. The van der Waals surface area contributed by atoms with Crippen LogP contribution in [0.15, 0.2) is 0 Å². The molecule has 2 N–H and O–H groups in total. The summed E-state index contributed by atoms with van der Waals surface area (Å²) in [5.74, 6) is 0.590. The molecular formula is C11H19N5. The maximum Gasteiger partial charge on any atom is 0.202 e. The van der Waals surface area contributed by atoms with E-state index in [0.29, 0.717) is 12.0 Å². The van der Waals surface area contributed by atoms with Crippen LogP contribution >= 0.6 is 0 Å². The van der Waals surface area contributed by atoms with Crippen LogP contribution in [0.2, 0.25) is 0 Å². The normalized spacial score (nSPS) is 13.5. The van der Waals surface area contributed by atoms with Gasteiger partial charge in [0.15, 0.2) is 5.65 Å². The van der Waals surface area contributed by atoms with E-state index in [2.05, 4.69) is 28.5 Å². The molecular weight excluding hydrogens is 202 g/mol. The number of hydrogen-bond acceptors (Lipinski definition) is 3. The van der Waals surface area contributed by atoms with E-state index in [9.17, 15) is 0 Å². The topological polar surface area (TPSA) is 61.7 Å². The van der Waals surface area contributed by atoms with Gasteiger partial charge in [-0.1, -0.05) is 13.3 Å². The first kappa shape index (κ1) is 11.0. The van der Waals surface area contributed by atoms with Gasteiger partial charge in [0.1, 0.15) is 5.52 Å². The lowest BCUT2D eigenvalue weighted by Gasteiger charge is -2.14. The molecule has 0 aliphatic rings. The fourth-order valence-corrected chi connectivity index (χ4v) is 2.29. The maximum atomic E-state index is 5.98. The molecule has 2 aromatic heterocycles. The van der Waals surface area contributed by atoms with Crippen LogP contribution in [0, 0.1) is 6.92 Å². The molecule has 5 nitrogen and oxygen atoms in total.